The SMILES string of the molecule is COc1cccc(COc2ccccc2C(C)C)n1. The third kappa shape index (κ3) is 3.47. The minimum absolute atomic E-state index is 0.439. The van der Waals surface area contributed by atoms with Gasteiger partial charge in [-0.3, -0.25) is 0 Å². The van der Waals surface area contributed by atoms with E-state index in [0.29, 0.717) is 18.4 Å². The molecule has 0 atom stereocenters. The monoisotopic (exact) mass is 257 g/mol. The van der Waals surface area contributed by atoms with Crippen molar-refractivity contribution in [3.05, 3.63) is 53.7 Å². The lowest BCUT2D eigenvalue weighted by Gasteiger charge is -2.13. The van der Waals surface area contributed by atoms with E-state index in [2.05, 4.69) is 24.9 Å². The smallest absolute Gasteiger partial charge is 0.213 e. The van der Waals surface area contributed by atoms with Gasteiger partial charge in [-0.1, -0.05) is 38.1 Å². The van der Waals surface area contributed by atoms with Crippen LogP contribution in [-0.4, -0.2) is 12.1 Å². The number of ether oxygens (including phenoxy) is 2. The van der Waals surface area contributed by atoms with Crippen molar-refractivity contribution in [1.29, 1.82) is 0 Å². The zero-order chi connectivity index (χ0) is 13.7. The second-order valence-corrected chi connectivity index (χ2v) is 4.65. The molecule has 1 heterocycles. The van der Waals surface area contributed by atoms with E-state index in [1.807, 2.05) is 36.4 Å². The van der Waals surface area contributed by atoms with Gasteiger partial charge in [0, 0.05) is 6.07 Å². The zero-order valence-electron chi connectivity index (χ0n) is 11.6. The fourth-order valence-electron chi connectivity index (χ4n) is 1.89. The quantitative estimate of drug-likeness (QED) is 0.816. The lowest BCUT2D eigenvalue weighted by molar-refractivity contribution is 0.294. The van der Waals surface area contributed by atoms with Gasteiger partial charge in [-0.25, -0.2) is 4.98 Å². The van der Waals surface area contributed by atoms with Crippen molar-refractivity contribution in [3.63, 3.8) is 0 Å². The largest absolute Gasteiger partial charge is 0.487 e. The van der Waals surface area contributed by atoms with Crippen molar-refractivity contribution in [2.45, 2.75) is 26.4 Å². The van der Waals surface area contributed by atoms with E-state index in [9.17, 15) is 0 Å². The number of nitrogens with zero attached hydrogens (tertiary/aromatic N) is 1. The summed E-state index contributed by atoms with van der Waals surface area (Å²) in [5, 5.41) is 0. The average molecular weight is 257 g/mol. The van der Waals surface area contributed by atoms with Gasteiger partial charge in [0.15, 0.2) is 0 Å². The molecular weight excluding hydrogens is 238 g/mol. The van der Waals surface area contributed by atoms with Gasteiger partial charge in [-0.15, -0.1) is 0 Å². The van der Waals surface area contributed by atoms with Crippen molar-refractivity contribution in [2.24, 2.45) is 0 Å². The van der Waals surface area contributed by atoms with E-state index in [4.69, 9.17) is 9.47 Å². The summed E-state index contributed by atoms with van der Waals surface area (Å²) in [7, 11) is 1.61. The van der Waals surface area contributed by atoms with Crippen LogP contribution in [0.2, 0.25) is 0 Å². The van der Waals surface area contributed by atoms with Crippen LogP contribution in [0.25, 0.3) is 0 Å². The molecule has 100 valence electrons. The summed E-state index contributed by atoms with van der Waals surface area (Å²) < 4.78 is 11.0. The van der Waals surface area contributed by atoms with Crippen LogP contribution in [0.3, 0.4) is 0 Å². The molecule has 0 N–H and O–H groups in total. The fourth-order valence-corrected chi connectivity index (χ4v) is 1.89. The van der Waals surface area contributed by atoms with E-state index in [1.54, 1.807) is 7.11 Å². The topological polar surface area (TPSA) is 31.4 Å². The second-order valence-electron chi connectivity index (χ2n) is 4.65. The first-order chi connectivity index (χ1) is 9.20. The Bertz CT molecular complexity index is 538. The van der Waals surface area contributed by atoms with Crippen LogP contribution in [-0.2, 0) is 6.61 Å². The molecule has 0 saturated carbocycles. The first-order valence-electron chi connectivity index (χ1n) is 6.42. The number of methoxy groups -OCH3 is 1. The molecule has 3 nitrogen and oxygen atoms in total. The summed E-state index contributed by atoms with van der Waals surface area (Å²) in [5.41, 5.74) is 2.07. The molecule has 1 aromatic heterocycles. The lowest BCUT2D eigenvalue weighted by Crippen LogP contribution is -2.02. The Balaban J connectivity index is 2.10. The summed E-state index contributed by atoms with van der Waals surface area (Å²) in [5.74, 6) is 1.97. The summed E-state index contributed by atoms with van der Waals surface area (Å²) in [4.78, 5) is 4.33. The predicted molar refractivity (Wildman–Crippen MR) is 75.7 cm³/mol. The van der Waals surface area contributed by atoms with Gasteiger partial charge < -0.3 is 9.47 Å². The molecule has 1 aromatic carbocycles. The number of aromatic nitrogens is 1. The van der Waals surface area contributed by atoms with Crippen LogP contribution in [0.1, 0.15) is 31.0 Å². The second kappa shape index (κ2) is 6.23. The predicted octanol–water partition coefficient (Wildman–Crippen LogP) is 3.79. The summed E-state index contributed by atoms with van der Waals surface area (Å²) in [6.45, 7) is 4.76. The van der Waals surface area contributed by atoms with E-state index in [-0.39, 0.29) is 0 Å². The van der Waals surface area contributed by atoms with E-state index in [1.165, 1.54) is 5.56 Å². The highest BCUT2D eigenvalue weighted by atomic mass is 16.5. The number of hydrogen-bond donors (Lipinski definition) is 0. The van der Waals surface area contributed by atoms with Crippen molar-refractivity contribution < 1.29 is 9.47 Å². The van der Waals surface area contributed by atoms with Gasteiger partial charge in [-0.05, 0) is 23.6 Å². The van der Waals surface area contributed by atoms with Crippen LogP contribution in [0.15, 0.2) is 42.5 Å². The van der Waals surface area contributed by atoms with Crippen LogP contribution in [0.5, 0.6) is 11.6 Å². The van der Waals surface area contributed by atoms with E-state index >= 15 is 0 Å². The molecule has 0 unspecified atom stereocenters. The molecule has 0 aliphatic carbocycles. The molecule has 19 heavy (non-hydrogen) atoms. The molecule has 0 radical (unpaired) electrons. The molecular formula is C16H19NO2. The zero-order valence-corrected chi connectivity index (χ0v) is 11.6. The Labute approximate surface area is 114 Å². The molecule has 0 aliphatic rings. The van der Waals surface area contributed by atoms with Crippen LogP contribution >= 0.6 is 0 Å². The van der Waals surface area contributed by atoms with Gasteiger partial charge in [-0.2, -0.15) is 0 Å². The maximum atomic E-state index is 5.87. The Hall–Kier alpha value is -2.03. The Morgan fingerprint density at radius 1 is 1.05 bits per heavy atom. The van der Waals surface area contributed by atoms with Gasteiger partial charge in [0.2, 0.25) is 5.88 Å². The highest BCUT2D eigenvalue weighted by Gasteiger charge is 2.07. The summed E-state index contributed by atoms with van der Waals surface area (Å²) in [6, 6.07) is 13.8. The number of hydrogen-bond acceptors (Lipinski definition) is 3. The van der Waals surface area contributed by atoms with Crippen LogP contribution in [0, 0.1) is 0 Å². The van der Waals surface area contributed by atoms with E-state index < -0.39 is 0 Å². The maximum absolute atomic E-state index is 5.87. The number of benzene rings is 1. The minimum atomic E-state index is 0.439. The molecule has 0 amide bonds. The first kappa shape index (κ1) is 13.4. The van der Waals surface area contributed by atoms with Gasteiger partial charge in [0.1, 0.15) is 12.4 Å². The molecule has 2 aromatic rings. The standard InChI is InChI=1S/C16H19NO2/c1-12(2)14-8-4-5-9-15(14)19-11-13-7-6-10-16(17-13)18-3/h4-10,12H,11H2,1-3H3. The average Bonchev–Trinajstić information content (AvgIpc) is 2.45. The third-order valence-corrected chi connectivity index (χ3v) is 2.91. The molecule has 0 saturated heterocycles. The van der Waals surface area contributed by atoms with Crippen molar-refractivity contribution in [3.8, 4) is 11.6 Å². The van der Waals surface area contributed by atoms with Crippen LogP contribution < -0.4 is 9.47 Å². The molecule has 0 bridgehead atoms. The number of rotatable bonds is 5. The van der Waals surface area contributed by atoms with Crippen molar-refractivity contribution in [1.82, 2.24) is 4.98 Å². The summed E-state index contributed by atoms with van der Waals surface area (Å²) in [6.07, 6.45) is 0. The summed E-state index contributed by atoms with van der Waals surface area (Å²) >= 11 is 0. The number of para-hydroxylation sites is 1. The Kier molecular flexibility index (Phi) is 4.39. The molecule has 2 rings (SSSR count). The van der Waals surface area contributed by atoms with Crippen molar-refractivity contribution in [2.75, 3.05) is 7.11 Å². The molecule has 0 aliphatic heterocycles. The van der Waals surface area contributed by atoms with Gasteiger partial charge in [0.25, 0.3) is 0 Å². The first-order valence-corrected chi connectivity index (χ1v) is 6.42. The third-order valence-electron chi connectivity index (χ3n) is 2.91. The number of pyridine rings is 1. The fraction of sp³-hybridized carbons (Fsp3) is 0.312. The van der Waals surface area contributed by atoms with Crippen molar-refractivity contribution >= 4 is 0 Å². The molecule has 0 spiro atoms. The Morgan fingerprint density at radius 2 is 1.84 bits per heavy atom. The normalized spacial score (nSPS) is 10.5. The van der Waals surface area contributed by atoms with Gasteiger partial charge >= 0.3 is 0 Å². The molecule has 3 heteroatoms. The highest BCUT2D eigenvalue weighted by Crippen LogP contribution is 2.26. The maximum Gasteiger partial charge on any atom is 0.213 e. The van der Waals surface area contributed by atoms with Gasteiger partial charge in [0.05, 0.1) is 12.8 Å². The lowest BCUT2D eigenvalue weighted by atomic mass is 10.0. The Morgan fingerprint density at radius 3 is 2.58 bits per heavy atom. The van der Waals surface area contributed by atoms with Crippen LogP contribution in [0.4, 0.5) is 0 Å². The highest BCUT2D eigenvalue weighted by molar-refractivity contribution is 5.35. The minimum Gasteiger partial charge on any atom is -0.487 e. The van der Waals surface area contributed by atoms with E-state index in [0.717, 1.165) is 11.4 Å². The molecule has 0 fully saturated rings.